The van der Waals surface area contributed by atoms with Gasteiger partial charge in [0.1, 0.15) is 5.82 Å². The summed E-state index contributed by atoms with van der Waals surface area (Å²) in [5.41, 5.74) is 1.08. The number of rotatable bonds is 4. The number of piperidine rings is 1. The van der Waals surface area contributed by atoms with Crippen LogP contribution in [0.25, 0.3) is 0 Å². The molecular weight excluding hydrogens is 319 g/mol. The Morgan fingerprint density at radius 2 is 2.20 bits per heavy atom. The van der Waals surface area contributed by atoms with Crippen molar-refractivity contribution in [2.45, 2.75) is 38.8 Å². The first-order valence-corrected chi connectivity index (χ1v) is 8.19. The van der Waals surface area contributed by atoms with Crippen molar-refractivity contribution in [2.75, 3.05) is 20.1 Å². The molecule has 112 valence electrons. The molecule has 1 N–H and O–H groups in total. The van der Waals surface area contributed by atoms with Gasteiger partial charge in [0.25, 0.3) is 0 Å². The van der Waals surface area contributed by atoms with E-state index in [9.17, 15) is 4.39 Å². The summed E-state index contributed by atoms with van der Waals surface area (Å²) < 4.78 is 14.7. The lowest BCUT2D eigenvalue weighted by molar-refractivity contribution is 0.0630. The molecule has 1 aliphatic rings. The molecule has 1 saturated heterocycles. The molecule has 1 aliphatic heterocycles. The third-order valence-corrected chi connectivity index (χ3v) is 4.92. The summed E-state index contributed by atoms with van der Waals surface area (Å²) in [5.74, 6) is 0.370. The first-order valence-electron chi connectivity index (χ1n) is 7.40. The van der Waals surface area contributed by atoms with Crippen LogP contribution < -0.4 is 5.32 Å². The highest BCUT2D eigenvalue weighted by Gasteiger charge is 2.34. The van der Waals surface area contributed by atoms with Gasteiger partial charge in [-0.2, -0.15) is 0 Å². The minimum Gasteiger partial charge on any atom is -0.319 e. The number of hydrogen-bond acceptors (Lipinski definition) is 2. The molecule has 2 atom stereocenters. The van der Waals surface area contributed by atoms with Crippen LogP contribution in [-0.2, 0) is 0 Å². The third kappa shape index (κ3) is 3.41. The molecule has 0 amide bonds. The highest BCUT2D eigenvalue weighted by Crippen LogP contribution is 2.40. The molecule has 0 aromatic heterocycles. The van der Waals surface area contributed by atoms with Crippen molar-refractivity contribution in [1.29, 1.82) is 0 Å². The molecule has 20 heavy (non-hydrogen) atoms. The molecule has 1 aromatic rings. The summed E-state index contributed by atoms with van der Waals surface area (Å²) in [5, 5.41) is 3.29. The van der Waals surface area contributed by atoms with Gasteiger partial charge in [0.15, 0.2) is 0 Å². The Labute approximate surface area is 129 Å². The van der Waals surface area contributed by atoms with Crippen molar-refractivity contribution < 1.29 is 4.39 Å². The summed E-state index contributed by atoms with van der Waals surface area (Å²) in [4.78, 5) is 2.50. The third-order valence-electron chi connectivity index (χ3n) is 4.20. The van der Waals surface area contributed by atoms with Crippen LogP contribution in [0.4, 0.5) is 4.39 Å². The van der Waals surface area contributed by atoms with Crippen LogP contribution in [0.15, 0.2) is 22.7 Å². The predicted molar refractivity (Wildman–Crippen MR) is 85.3 cm³/mol. The maximum absolute atomic E-state index is 13.7. The summed E-state index contributed by atoms with van der Waals surface area (Å²) >= 11 is 3.61. The molecule has 2 unspecified atom stereocenters. The molecule has 2 rings (SSSR count). The van der Waals surface area contributed by atoms with Crippen LogP contribution >= 0.6 is 15.9 Å². The Morgan fingerprint density at radius 3 is 2.85 bits per heavy atom. The minimum atomic E-state index is -0.152. The Kier molecular flexibility index (Phi) is 5.58. The first kappa shape index (κ1) is 15.9. The van der Waals surface area contributed by atoms with E-state index in [2.05, 4.69) is 40.0 Å². The number of likely N-dealkylation sites (tertiary alicyclic amines) is 1. The van der Waals surface area contributed by atoms with Gasteiger partial charge < -0.3 is 5.32 Å². The predicted octanol–water partition coefficient (Wildman–Crippen LogP) is 3.97. The van der Waals surface area contributed by atoms with E-state index in [1.54, 1.807) is 6.07 Å². The van der Waals surface area contributed by atoms with Crippen molar-refractivity contribution >= 4 is 15.9 Å². The van der Waals surface area contributed by atoms with Crippen LogP contribution in [0.3, 0.4) is 0 Å². The van der Waals surface area contributed by atoms with Gasteiger partial charge >= 0.3 is 0 Å². The molecule has 4 heteroatoms. The molecule has 0 radical (unpaired) electrons. The molecule has 0 spiro atoms. The molecule has 1 fully saturated rings. The number of nitrogens with zero attached hydrogens (tertiary/aromatic N) is 1. The molecule has 0 saturated carbocycles. The Hall–Kier alpha value is -0.450. The Morgan fingerprint density at radius 1 is 1.45 bits per heavy atom. The van der Waals surface area contributed by atoms with Gasteiger partial charge in [-0.15, -0.1) is 0 Å². The van der Waals surface area contributed by atoms with Gasteiger partial charge in [0.2, 0.25) is 0 Å². The monoisotopic (exact) mass is 342 g/mol. The standard InChI is InChI=1S/C16H24BrFN2/c1-11(2)20-8-4-5-12(10-19-3)16(20)14-9-13(18)6-7-15(14)17/h6-7,9,11-12,16,19H,4-5,8,10H2,1-3H3. The van der Waals surface area contributed by atoms with Gasteiger partial charge in [-0.25, -0.2) is 4.39 Å². The smallest absolute Gasteiger partial charge is 0.123 e. The second kappa shape index (κ2) is 7.01. The summed E-state index contributed by atoms with van der Waals surface area (Å²) in [6.07, 6.45) is 2.41. The Bertz CT molecular complexity index is 448. The molecule has 1 aromatic carbocycles. The van der Waals surface area contributed by atoms with Gasteiger partial charge in [-0.05, 0) is 76.5 Å². The van der Waals surface area contributed by atoms with Crippen molar-refractivity contribution in [3.05, 3.63) is 34.1 Å². The quantitative estimate of drug-likeness (QED) is 0.890. The molecule has 0 bridgehead atoms. The zero-order valence-corrected chi connectivity index (χ0v) is 14.1. The lowest BCUT2D eigenvalue weighted by Crippen LogP contribution is -2.45. The zero-order valence-electron chi connectivity index (χ0n) is 12.5. The van der Waals surface area contributed by atoms with Crippen molar-refractivity contribution in [1.82, 2.24) is 10.2 Å². The Balaban J connectivity index is 2.40. The van der Waals surface area contributed by atoms with E-state index in [0.29, 0.717) is 12.0 Å². The second-order valence-corrected chi connectivity index (χ2v) is 6.76. The largest absolute Gasteiger partial charge is 0.319 e. The number of benzene rings is 1. The first-order chi connectivity index (χ1) is 9.54. The number of halogens is 2. The maximum Gasteiger partial charge on any atom is 0.123 e. The van der Waals surface area contributed by atoms with E-state index in [1.165, 1.54) is 18.9 Å². The van der Waals surface area contributed by atoms with Gasteiger partial charge in [0.05, 0.1) is 0 Å². The lowest BCUT2D eigenvalue weighted by atomic mass is 9.83. The summed E-state index contributed by atoms with van der Waals surface area (Å²) in [6, 6.07) is 5.78. The fraction of sp³-hybridized carbons (Fsp3) is 0.625. The van der Waals surface area contributed by atoms with Crippen molar-refractivity contribution in [3.63, 3.8) is 0 Å². The van der Waals surface area contributed by atoms with E-state index in [4.69, 9.17) is 0 Å². The minimum absolute atomic E-state index is 0.152. The average Bonchev–Trinajstić information content (AvgIpc) is 2.42. The maximum atomic E-state index is 13.7. The SMILES string of the molecule is CNCC1CCCN(C(C)C)C1c1cc(F)ccc1Br. The number of hydrogen-bond donors (Lipinski definition) is 1. The highest BCUT2D eigenvalue weighted by molar-refractivity contribution is 9.10. The molecule has 2 nitrogen and oxygen atoms in total. The fourth-order valence-electron chi connectivity index (χ4n) is 3.33. The lowest BCUT2D eigenvalue weighted by Gasteiger charge is -2.44. The molecular formula is C16H24BrFN2. The van der Waals surface area contributed by atoms with Crippen molar-refractivity contribution in [3.8, 4) is 0 Å². The summed E-state index contributed by atoms with van der Waals surface area (Å²) in [7, 11) is 1.99. The van der Waals surface area contributed by atoms with E-state index < -0.39 is 0 Å². The van der Waals surface area contributed by atoms with Gasteiger partial charge in [0, 0.05) is 16.6 Å². The number of nitrogens with one attached hydrogen (secondary N) is 1. The van der Waals surface area contributed by atoms with Gasteiger partial charge in [-0.1, -0.05) is 15.9 Å². The zero-order chi connectivity index (χ0) is 14.7. The molecule has 0 aliphatic carbocycles. The van der Waals surface area contributed by atoms with Crippen molar-refractivity contribution in [2.24, 2.45) is 5.92 Å². The van der Waals surface area contributed by atoms with E-state index in [-0.39, 0.29) is 11.9 Å². The van der Waals surface area contributed by atoms with Crippen LogP contribution in [0.5, 0.6) is 0 Å². The van der Waals surface area contributed by atoms with Crippen LogP contribution in [0.2, 0.25) is 0 Å². The average molecular weight is 343 g/mol. The van der Waals surface area contributed by atoms with E-state index in [0.717, 1.165) is 23.1 Å². The van der Waals surface area contributed by atoms with E-state index in [1.807, 2.05) is 13.1 Å². The van der Waals surface area contributed by atoms with Crippen LogP contribution in [0, 0.1) is 11.7 Å². The second-order valence-electron chi connectivity index (χ2n) is 5.90. The van der Waals surface area contributed by atoms with E-state index >= 15 is 0 Å². The fourth-order valence-corrected chi connectivity index (χ4v) is 3.81. The normalized spacial score (nSPS) is 24.3. The molecule has 1 heterocycles. The van der Waals surface area contributed by atoms with Crippen LogP contribution in [0.1, 0.15) is 38.3 Å². The van der Waals surface area contributed by atoms with Gasteiger partial charge in [-0.3, -0.25) is 4.90 Å². The summed E-state index contributed by atoms with van der Waals surface area (Å²) in [6.45, 7) is 6.51. The topological polar surface area (TPSA) is 15.3 Å². The highest BCUT2D eigenvalue weighted by atomic mass is 79.9. The van der Waals surface area contributed by atoms with Crippen LogP contribution in [-0.4, -0.2) is 31.1 Å².